The summed E-state index contributed by atoms with van der Waals surface area (Å²) in [5, 5.41) is 3.15. The van der Waals surface area contributed by atoms with E-state index >= 15 is 0 Å². The van der Waals surface area contributed by atoms with Crippen LogP contribution in [0.4, 0.5) is 5.69 Å². The molecule has 0 saturated heterocycles. The zero-order chi connectivity index (χ0) is 9.68. The van der Waals surface area contributed by atoms with Gasteiger partial charge in [0.05, 0.1) is 0 Å². The number of allylic oxidation sites excluding steroid dienone is 2. The van der Waals surface area contributed by atoms with Gasteiger partial charge in [0, 0.05) is 5.69 Å². The highest BCUT2D eigenvalue weighted by molar-refractivity contribution is 6.16. The number of nitrogens with one attached hydrogen (secondary N) is 1. The number of benzene rings is 1. The Morgan fingerprint density at radius 1 is 1.46 bits per heavy atom. The van der Waals surface area contributed by atoms with Crippen molar-refractivity contribution < 1.29 is 0 Å². The van der Waals surface area contributed by atoms with Gasteiger partial charge >= 0.3 is 0 Å². The Morgan fingerprint density at radius 3 is 2.77 bits per heavy atom. The van der Waals surface area contributed by atoms with E-state index in [0.29, 0.717) is 0 Å². The molecule has 0 amide bonds. The minimum absolute atomic E-state index is 0.862. The molecule has 0 aliphatic heterocycles. The minimum atomic E-state index is 0.862. The molecule has 0 aliphatic rings. The Labute approximate surface area is 80.6 Å². The van der Waals surface area contributed by atoms with E-state index in [0.717, 1.165) is 17.7 Å². The van der Waals surface area contributed by atoms with Gasteiger partial charge in [-0.2, -0.15) is 0 Å². The SMILES string of the molecule is BNc1ccccc1CC(=C)C=C. The van der Waals surface area contributed by atoms with Gasteiger partial charge in [0.2, 0.25) is 7.98 Å². The van der Waals surface area contributed by atoms with Gasteiger partial charge in [-0.05, 0) is 18.1 Å². The maximum Gasteiger partial charge on any atom is 0.213 e. The molecule has 0 atom stereocenters. The molecule has 1 rings (SSSR count). The second-order valence-electron chi connectivity index (χ2n) is 2.95. The molecule has 0 aromatic heterocycles. The summed E-state index contributed by atoms with van der Waals surface area (Å²) in [7, 11) is 1.93. The van der Waals surface area contributed by atoms with Gasteiger partial charge in [0.25, 0.3) is 0 Å². The number of anilines is 1. The van der Waals surface area contributed by atoms with Crippen LogP contribution < -0.4 is 5.23 Å². The Morgan fingerprint density at radius 2 is 2.15 bits per heavy atom. The highest BCUT2D eigenvalue weighted by Crippen LogP contribution is 2.17. The van der Waals surface area contributed by atoms with Gasteiger partial charge in [-0.15, -0.1) is 0 Å². The van der Waals surface area contributed by atoms with E-state index in [1.165, 1.54) is 5.56 Å². The van der Waals surface area contributed by atoms with E-state index in [2.05, 4.69) is 30.5 Å². The summed E-state index contributed by atoms with van der Waals surface area (Å²) in [6, 6.07) is 8.21. The number of hydrogen-bond donors (Lipinski definition) is 1. The fraction of sp³-hybridized carbons (Fsp3) is 0.0909. The van der Waals surface area contributed by atoms with Crippen LogP contribution in [0.1, 0.15) is 5.56 Å². The van der Waals surface area contributed by atoms with Crippen molar-refractivity contribution in [3.8, 4) is 0 Å². The van der Waals surface area contributed by atoms with Crippen molar-refractivity contribution in [2.45, 2.75) is 6.42 Å². The third kappa shape index (κ3) is 2.51. The molecular formula is C11H14BN. The molecule has 0 radical (unpaired) electrons. The molecule has 13 heavy (non-hydrogen) atoms. The average molecular weight is 171 g/mol. The number of para-hydroxylation sites is 1. The van der Waals surface area contributed by atoms with Crippen molar-refractivity contribution in [3.05, 3.63) is 54.6 Å². The molecule has 0 bridgehead atoms. The summed E-state index contributed by atoms with van der Waals surface area (Å²) in [5.41, 5.74) is 3.46. The summed E-state index contributed by atoms with van der Waals surface area (Å²) >= 11 is 0. The molecule has 0 heterocycles. The second kappa shape index (κ2) is 4.56. The molecular weight excluding hydrogens is 157 g/mol. The lowest BCUT2D eigenvalue weighted by Crippen LogP contribution is -1.97. The third-order valence-electron chi connectivity index (χ3n) is 1.99. The lowest BCUT2D eigenvalue weighted by Gasteiger charge is -2.08. The monoisotopic (exact) mass is 171 g/mol. The Kier molecular flexibility index (Phi) is 3.38. The van der Waals surface area contributed by atoms with Gasteiger partial charge in [-0.25, -0.2) is 0 Å². The van der Waals surface area contributed by atoms with Crippen LogP contribution in [0.25, 0.3) is 0 Å². The maximum absolute atomic E-state index is 3.90. The molecule has 0 aliphatic carbocycles. The lowest BCUT2D eigenvalue weighted by atomic mass is 10.0. The largest absolute Gasteiger partial charge is 0.434 e. The van der Waals surface area contributed by atoms with E-state index in [1.54, 1.807) is 6.08 Å². The Bertz CT molecular complexity index is 318. The lowest BCUT2D eigenvalue weighted by molar-refractivity contribution is 1.21. The van der Waals surface area contributed by atoms with Gasteiger partial charge in [0.1, 0.15) is 0 Å². The van der Waals surface area contributed by atoms with Crippen LogP contribution in [0.5, 0.6) is 0 Å². The van der Waals surface area contributed by atoms with Gasteiger partial charge < -0.3 is 5.23 Å². The van der Waals surface area contributed by atoms with Crippen LogP contribution in [0, 0.1) is 0 Å². The first-order valence-electron chi connectivity index (χ1n) is 4.33. The number of hydrogen-bond acceptors (Lipinski definition) is 1. The van der Waals surface area contributed by atoms with Gasteiger partial charge in [0.15, 0.2) is 0 Å². The minimum Gasteiger partial charge on any atom is -0.434 e. The maximum atomic E-state index is 3.90. The fourth-order valence-corrected chi connectivity index (χ4v) is 1.24. The molecule has 66 valence electrons. The molecule has 0 spiro atoms. The van der Waals surface area contributed by atoms with Crippen LogP contribution in [-0.2, 0) is 6.42 Å². The Hall–Kier alpha value is -1.44. The molecule has 0 saturated carbocycles. The van der Waals surface area contributed by atoms with Crippen molar-refractivity contribution in [1.29, 1.82) is 0 Å². The predicted molar refractivity (Wildman–Crippen MR) is 61.6 cm³/mol. The topological polar surface area (TPSA) is 12.0 Å². The quantitative estimate of drug-likeness (QED) is 0.539. The molecule has 1 nitrogen and oxygen atoms in total. The zero-order valence-electron chi connectivity index (χ0n) is 8.01. The fourth-order valence-electron chi connectivity index (χ4n) is 1.24. The Balaban J connectivity index is 2.86. The highest BCUT2D eigenvalue weighted by Gasteiger charge is 1.98. The summed E-state index contributed by atoms with van der Waals surface area (Å²) in [6.07, 6.45) is 2.66. The first kappa shape index (κ1) is 9.65. The van der Waals surface area contributed by atoms with Gasteiger partial charge in [-0.3, -0.25) is 0 Å². The van der Waals surface area contributed by atoms with Crippen molar-refractivity contribution in [2.24, 2.45) is 0 Å². The predicted octanol–water partition coefficient (Wildman–Crippen LogP) is 1.93. The number of rotatable bonds is 4. The molecule has 2 heteroatoms. The highest BCUT2D eigenvalue weighted by atomic mass is 14.7. The van der Waals surface area contributed by atoms with E-state index in [9.17, 15) is 0 Å². The van der Waals surface area contributed by atoms with E-state index in [-0.39, 0.29) is 0 Å². The van der Waals surface area contributed by atoms with E-state index in [4.69, 9.17) is 0 Å². The van der Waals surface area contributed by atoms with E-state index < -0.39 is 0 Å². The molecule has 1 aromatic carbocycles. The van der Waals surface area contributed by atoms with Crippen LogP contribution in [0.15, 0.2) is 49.1 Å². The summed E-state index contributed by atoms with van der Waals surface area (Å²) in [5.74, 6) is 0. The van der Waals surface area contributed by atoms with E-state index in [1.807, 2.05) is 20.1 Å². The molecule has 1 aromatic rings. The van der Waals surface area contributed by atoms with Crippen LogP contribution >= 0.6 is 0 Å². The van der Waals surface area contributed by atoms with Gasteiger partial charge in [-0.1, -0.05) is 43.0 Å². The average Bonchev–Trinajstić information content (AvgIpc) is 2.18. The second-order valence-corrected chi connectivity index (χ2v) is 2.95. The first-order chi connectivity index (χ1) is 6.27. The summed E-state index contributed by atoms with van der Waals surface area (Å²) < 4.78 is 0. The van der Waals surface area contributed by atoms with Crippen molar-refractivity contribution in [3.63, 3.8) is 0 Å². The van der Waals surface area contributed by atoms with Crippen LogP contribution in [-0.4, -0.2) is 7.98 Å². The van der Waals surface area contributed by atoms with Crippen molar-refractivity contribution in [2.75, 3.05) is 5.23 Å². The van der Waals surface area contributed by atoms with Crippen LogP contribution in [0.2, 0.25) is 0 Å². The van der Waals surface area contributed by atoms with Crippen LogP contribution in [0.3, 0.4) is 0 Å². The normalized spacial score (nSPS) is 9.23. The zero-order valence-corrected chi connectivity index (χ0v) is 8.01. The molecule has 0 unspecified atom stereocenters. The molecule has 1 N–H and O–H groups in total. The summed E-state index contributed by atoms with van der Waals surface area (Å²) in [4.78, 5) is 0. The van der Waals surface area contributed by atoms with Crippen molar-refractivity contribution >= 4 is 13.7 Å². The van der Waals surface area contributed by atoms with Crippen molar-refractivity contribution in [1.82, 2.24) is 0 Å². The summed E-state index contributed by atoms with van der Waals surface area (Å²) in [6.45, 7) is 7.59. The standard InChI is InChI=1S/C11H14BN/c1-3-9(2)8-10-6-4-5-7-11(10)13-12/h3-7,13H,1-2,8,12H2. The third-order valence-corrected chi connectivity index (χ3v) is 1.99. The first-order valence-corrected chi connectivity index (χ1v) is 4.33. The smallest absolute Gasteiger partial charge is 0.213 e. The molecule has 0 fully saturated rings.